The topological polar surface area (TPSA) is 67.2 Å². The Morgan fingerprint density at radius 2 is 1.96 bits per heavy atom. The van der Waals surface area contributed by atoms with E-state index in [1.165, 1.54) is 0 Å². The molecule has 1 N–H and O–H groups in total. The second-order valence-electron chi connectivity index (χ2n) is 5.23. The van der Waals surface area contributed by atoms with Gasteiger partial charge in [-0.15, -0.1) is 0 Å². The maximum absolute atomic E-state index is 11.9. The molecule has 1 aliphatic rings. The molecule has 25 heavy (non-hydrogen) atoms. The number of hydrogen-bond donors (Lipinski definition) is 1. The Kier molecular flexibility index (Phi) is 4.33. The van der Waals surface area contributed by atoms with E-state index < -0.39 is 0 Å². The fraction of sp³-hybridized carbons (Fsp3) is 0. The number of fused-ring (bicyclic) bond motifs is 1. The second-order valence-corrected chi connectivity index (χ2v) is 7.17. The van der Waals surface area contributed by atoms with Crippen LogP contribution >= 0.6 is 27.7 Å². The Morgan fingerprint density at radius 1 is 1.12 bits per heavy atom. The van der Waals surface area contributed by atoms with Crippen molar-refractivity contribution in [1.29, 1.82) is 0 Å². The van der Waals surface area contributed by atoms with Gasteiger partial charge in [0.2, 0.25) is 0 Å². The molecule has 5 nitrogen and oxygen atoms in total. The van der Waals surface area contributed by atoms with Crippen LogP contribution in [-0.2, 0) is 0 Å². The zero-order valence-corrected chi connectivity index (χ0v) is 15.2. The highest BCUT2D eigenvalue weighted by molar-refractivity contribution is 9.10. The Morgan fingerprint density at radius 3 is 2.84 bits per heavy atom. The van der Waals surface area contributed by atoms with Crippen molar-refractivity contribution in [2.75, 3.05) is 0 Å². The molecule has 2 heterocycles. The third-order valence-electron chi connectivity index (χ3n) is 3.52. The SMILES string of the molecule is O=C1NC(=Nc2cccc(Br)c2)/C(=C/c2cccc3nccnc23)S1. The summed E-state index contributed by atoms with van der Waals surface area (Å²) < 4.78 is 0.932. The number of para-hydroxylation sites is 1. The molecule has 2 aromatic carbocycles. The number of aromatic nitrogens is 2. The number of thioether (sulfide) groups is 1. The van der Waals surface area contributed by atoms with E-state index >= 15 is 0 Å². The summed E-state index contributed by atoms with van der Waals surface area (Å²) >= 11 is 4.55. The molecular weight excluding hydrogens is 400 g/mol. The molecule has 1 fully saturated rings. The summed E-state index contributed by atoms with van der Waals surface area (Å²) in [6, 6.07) is 13.4. The van der Waals surface area contributed by atoms with Crippen LogP contribution in [0.2, 0.25) is 0 Å². The first-order valence-corrected chi connectivity index (χ1v) is 9.05. The number of hydrogen-bond acceptors (Lipinski definition) is 5. The predicted octanol–water partition coefficient (Wildman–Crippen LogP) is 4.92. The predicted molar refractivity (Wildman–Crippen MR) is 105 cm³/mol. The van der Waals surface area contributed by atoms with Crippen LogP contribution in [0, 0.1) is 0 Å². The van der Waals surface area contributed by atoms with Gasteiger partial charge in [-0.05, 0) is 42.1 Å². The van der Waals surface area contributed by atoms with Crippen LogP contribution < -0.4 is 5.32 Å². The number of carbonyl (C=O) groups excluding carboxylic acids is 1. The van der Waals surface area contributed by atoms with Gasteiger partial charge >= 0.3 is 0 Å². The summed E-state index contributed by atoms with van der Waals surface area (Å²) in [7, 11) is 0. The van der Waals surface area contributed by atoms with E-state index in [1.54, 1.807) is 12.4 Å². The molecule has 4 rings (SSSR count). The summed E-state index contributed by atoms with van der Waals surface area (Å²) in [5, 5.41) is 2.65. The Hall–Kier alpha value is -2.51. The second kappa shape index (κ2) is 6.78. The van der Waals surface area contributed by atoms with Gasteiger partial charge in [-0.3, -0.25) is 14.8 Å². The van der Waals surface area contributed by atoms with Gasteiger partial charge in [0.25, 0.3) is 5.24 Å². The molecule has 0 spiro atoms. The van der Waals surface area contributed by atoms with Gasteiger partial charge in [0.1, 0.15) is 5.84 Å². The molecule has 1 saturated heterocycles. The van der Waals surface area contributed by atoms with Crippen molar-refractivity contribution in [3.8, 4) is 0 Å². The number of nitrogens with zero attached hydrogens (tertiary/aromatic N) is 3. The van der Waals surface area contributed by atoms with Gasteiger partial charge in [-0.1, -0.05) is 34.1 Å². The molecule has 0 saturated carbocycles. The van der Waals surface area contributed by atoms with E-state index in [0.717, 1.165) is 43.4 Å². The monoisotopic (exact) mass is 410 g/mol. The van der Waals surface area contributed by atoms with Crippen LogP contribution in [-0.4, -0.2) is 21.0 Å². The van der Waals surface area contributed by atoms with Crippen LogP contribution in [0.4, 0.5) is 10.5 Å². The quantitative estimate of drug-likeness (QED) is 0.650. The minimum absolute atomic E-state index is 0.147. The minimum Gasteiger partial charge on any atom is -0.300 e. The lowest BCUT2D eigenvalue weighted by atomic mass is 10.1. The van der Waals surface area contributed by atoms with Gasteiger partial charge in [-0.25, -0.2) is 4.99 Å². The van der Waals surface area contributed by atoms with Crippen molar-refractivity contribution in [3.05, 3.63) is 69.8 Å². The van der Waals surface area contributed by atoms with Gasteiger partial charge < -0.3 is 5.32 Å². The molecule has 1 aliphatic heterocycles. The van der Waals surface area contributed by atoms with Crippen molar-refractivity contribution in [2.45, 2.75) is 0 Å². The Bertz CT molecular complexity index is 1040. The molecule has 0 atom stereocenters. The van der Waals surface area contributed by atoms with Crippen LogP contribution in [0.5, 0.6) is 0 Å². The summed E-state index contributed by atoms with van der Waals surface area (Å²) in [5.41, 5.74) is 3.26. The van der Waals surface area contributed by atoms with Crippen LogP contribution in [0.3, 0.4) is 0 Å². The first-order chi connectivity index (χ1) is 12.2. The van der Waals surface area contributed by atoms with E-state index in [4.69, 9.17) is 0 Å². The van der Waals surface area contributed by atoms with Crippen molar-refractivity contribution in [1.82, 2.24) is 15.3 Å². The minimum atomic E-state index is -0.147. The highest BCUT2D eigenvalue weighted by atomic mass is 79.9. The number of amidine groups is 1. The maximum Gasteiger partial charge on any atom is 0.289 e. The lowest BCUT2D eigenvalue weighted by Gasteiger charge is -2.03. The average Bonchev–Trinajstić information content (AvgIpc) is 2.94. The summed E-state index contributed by atoms with van der Waals surface area (Å²) in [4.78, 5) is 25.9. The number of amides is 1. The number of halogens is 1. The molecule has 0 aliphatic carbocycles. The van der Waals surface area contributed by atoms with Crippen molar-refractivity contribution in [2.24, 2.45) is 4.99 Å². The molecule has 122 valence electrons. The van der Waals surface area contributed by atoms with E-state index in [-0.39, 0.29) is 5.24 Å². The van der Waals surface area contributed by atoms with Crippen LogP contribution in [0.1, 0.15) is 5.56 Å². The summed E-state index contributed by atoms with van der Waals surface area (Å²) in [6.07, 6.45) is 5.23. The third kappa shape index (κ3) is 3.47. The lowest BCUT2D eigenvalue weighted by molar-refractivity contribution is 0.265. The van der Waals surface area contributed by atoms with Crippen molar-refractivity contribution in [3.63, 3.8) is 0 Å². The Labute approximate surface area is 156 Å². The normalized spacial score (nSPS) is 17.4. The highest BCUT2D eigenvalue weighted by Gasteiger charge is 2.24. The summed E-state index contributed by atoms with van der Waals surface area (Å²) in [6.45, 7) is 0. The van der Waals surface area contributed by atoms with E-state index in [2.05, 4.69) is 36.2 Å². The third-order valence-corrected chi connectivity index (χ3v) is 4.83. The van der Waals surface area contributed by atoms with E-state index in [9.17, 15) is 4.79 Å². The fourth-order valence-electron chi connectivity index (χ4n) is 2.46. The number of carbonyl (C=O) groups is 1. The Balaban J connectivity index is 1.79. The molecule has 0 unspecified atom stereocenters. The first-order valence-electron chi connectivity index (χ1n) is 7.44. The first kappa shape index (κ1) is 16.0. The molecule has 1 aromatic heterocycles. The average molecular weight is 411 g/mol. The number of nitrogens with one attached hydrogen (secondary N) is 1. The highest BCUT2D eigenvalue weighted by Crippen LogP contribution is 2.30. The molecule has 0 radical (unpaired) electrons. The number of benzene rings is 2. The zero-order chi connectivity index (χ0) is 17.2. The smallest absolute Gasteiger partial charge is 0.289 e. The van der Waals surface area contributed by atoms with Gasteiger partial charge in [-0.2, -0.15) is 0 Å². The van der Waals surface area contributed by atoms with Crippen molar-refractivity contribution >= 4 is 61.6 Å². The maximum atomic E-state index is 11.9. The van der Waals surface area contributed by atoms with Gasteiger partial charge in [0, 0.05) is 22.4 Å². The zero-order valence-electron chi connectivity index (χ0n) is 12.8. The van der Waals surface area contributed by atoms with Crippen molar-refractivity contribution < 1.29 is 4.79 Å². The number of aliphatic imine (C=N–C) groups is 1. The van der Waals surface area contributed by atoms with Gasteiger partial charge in [0.15, 0.2) is 0 Å². The summed E-state index contributed by atoms with van der Waals surface area (Å²) in [5.74, 6) is 0.536. The standard InChI is InChI=1S/C18H11BrN4OS/c19-12-4-2-5-13(10-12)22-17-15(25-18(24)23-17)9-11-3-1-6-14-16(11)21-8-7-20-14/h1-10H,(H,22,23,24)/b15-9-. The van der Waals surface area contributed by atoms with Crippen LogP contribution in [0.25, 0.3) is 17.1 Å². The molecular formula is C18H11BrN4OS. The molecule has 7 heteroatoms. The van der Waals surface area contributed by atoms with E-state index in [1.807, 2.05) is 48.5 Å². The molecule has 0 bridgehead atoms. The lowest BCUT2D eigenvalue weighted by Crippen LogP contribution is -2.18. The van der Waals surface area contributed by atoms with Crippen LogP contribution in [0.15, 0.2) is 69.2 Å². The molecule has 3 aromatic rings. The van der Waals surface area contributed by atoms with Gasteiger partial charge in [0.05, 0.1) is 21.6 Å². The molecule has 1 amide bonds. The fourth-order valence-corrected chi connectivity index (χ4v) is 3.57. The number of rotatable bonds is 2. The van der Waals surface area contributed by atoms with E-state index in [0.29, 0.717) is 5.84 Å². The largest absolute Gasteiger partial charge is 0.300 e.